The molecule has 0 aliphatic rings. The standard InChI is InChI=1S/C13H19NO4/c1-3-4-11(13(15)16)18-10-6-5-9(8-14)7-12(10)17-2/h5-7,11H,3-4,8,14H2,1-2H3,(H,15,16). The Labute approximate surface area is 107 Å². The van der Waals surface area contributed by atoms with Gasteiger partial charge >= 0.3 is 5.97 Å². The van der Waals surface area contributed by atoms with Gasteiger partial charge in [-0.2, -0.15) is 0 Å². The van der Waals surface area contributed by atoms with Gasteiger partial charge < -0.3 is 20.3 Å². The monoisotopic (exact) mass is 253 g/mol. The Morgan fingerprint density at radius 3 is 2.67 bits per heavy atom. The molecule has 1 unspecified atom stereocenters. The van der Waals surface area contributed by atoms with Gasteiger partial charge in [0.2, 0.25) is 0 Å². The van der Waals surface area contributed by atoms with E-state index in [9.17, 15) is 4.79 Å². The summed E-state index contributed by atoms with van der Waals surface area (Å²) in [7, 11) is 1.51. The number of nitrogens with two attached hydrogens (primary N) is 1. The molecule has 0 bridgehead atoms. The molecule has 100 valence electrons. The first-order chi connectivity index (χ1) is 8.62. The molecule has 0 aliphatic carbocycles. The number of hydrogen-bond acceptors (Lipinski definition) is 4. The van der Waals surface area contributed by atoms with Crippen LogP contribution in [0.4, 0.5) is 0 Å². The third-order valence-corrected chi connectivity index (χ3v) is 2.56. The fraction of sp³-hybridized carbons (Fsp3) is 0.462. The van der Waals surface area contributed by atoms with Crippen molar-refractivity contribution in [2.75, 3.05) is 7.11 Å². The lowest BCUT2D eigenvalue weighted by molar-refractivity contribution is -0.145. The van der Waals surface area contributed by atoms with Crippen LogP contribution in [0.2, 0.25) is 0 Å². The van der Waals surface area contributed by atoms with Gasteiger partial charge in [0.1, 0.15) is 0 Å². The van der Waals surface area contributed by atoms with Crippen LogP contribution in [-0.2, 0) is 11.3 Å². The van der Waals surface area contributed by atoms with Crippen molar-refractivity contribution in [2.24, 2.45) is 5.73 Å². The van der Waals surface area contributed by atoms with Gasteiger partial charge in [-0.05, 0) is 24.1 Å². The van der Waals surface area contributed by atoms with Crippen molar-refractivity contribution in [3.05, 3.63) is 23.8 Å². The maximum atomic E-state index is 11.0. The first kappa shape index (κ1) is 14.3. The van der Waals surface area contributed by atoms with Crippen LogP contribution >= 0.6 is 0 Å². The average molecular weight is 253 g/mol. The molecular weight excluding hydrogens is 234 g/mol. The van der Waals surface area contributed by atoms with E-state index in [-0.39, 0.29) is 0 Å². The first-order valence-electron chi connectivity index (χ1n) is 5.88. The number of carboxylic acid groups (broad SMARTS) is 1. The molecule has 0 heterocycles. The van der Waals surface area contributed by atoms with Crippen molar-refractivity contribution < 1.29 is 19.4 Å². The Balaban J connectivity index is 2.91. The molecule has 0 radical (unpaired) electrons. The summed E-state index contributed by atoms with van der Waals surface area (Å²) in [5.74, 6) is -0.0438. The van der Waals surface area contributed by atoms with Crippen LogP contribution in [0.3, 0.4) is 0 Å². The highest BCUT2D eigenvalue weighted by molar-refractivity contribution is 5.72. The number of ether oxygens (including phenoxy) is 2. The van der Waals surface area contributed by atoms with E-state index in [1.165, 1.54) is 7.11 Å². The van der Waals surface area contributed by atoms with Crippen molar-refractivity contribution in [3.63, 3.8) is 0 Å². The van der Waals surface area contributed by atoms with Crippen LogP contribution < -0.4 is 15.2 Å². The normalized spacial score (nSPS) is 11.9. The number of carbonyl (C=O) groups is 1. The molecule has 18 heavy (non-hydrogen) atoms. The second kappa shape index (κ2) is 6.86. The molecule has 3 N–H and O–H groups in total. The Hall–Kier alpha value is -1.75. The van der Waals surface area contributed by atoms with Crippen molar-refractivity contribution in [1.82, 2.24) is 0 Å². The van der Waals surface area contributed by atoms with Crippen LogP contribution in [0, 0.1) is 0 Å². The Bertz CT molecular complexity index is 406. The molecule has 0 aliphatic heterocycles. The summed E-state index contributed by atoms with van der Waals surface area (Å²) < 4.78 is 10.6. The maximum absolute atomic E-state index is 11.0. The predicted octanol–water partition coefficient (Wildman–Crippen LogP) is 1.79. The molecule has 1 rings (SSSR count). The SMILES string of the molecule is CCCC(Oc1ccc(CN)cc1OC)C(=O)O. The van der Waals surface area contributed by atoms with Gasteiger partial charge in [0, 0.05) is 6.54 Å². The van der Waals surface area contributed by atoms with Gasteiger partial charge in [0.05, 0.1) is 7.11 Å². The summed E-state index contributed by atoms with van der Waals surface area (Å²) in [6, 6.07) is 5.23. The minimum Gasteiger partial charge on any atom is -0.493 e. The fourth-order valence-corrected chi connectivity index (χ4v) is 1.58. The molecule has 1 aromatic carbocycles. The molecule has 0 amide bonds. The van der Waals surface area contributed by atoms with E-state index in [0.29, 0.717) is 24.5 Å². The lowest BCUT2D eigenvalue weighted by Gasteiger charge is -2.17. The molecule has 5 heteroatoms. The van der Waals surface area contributed by atoms with E-state index in [2.05, 4.69) is 0 Å². The average Bonchev–Trinajstić information content (AvgIpc) is 2.38. The second-order valence-corrected chi connectivity index (χ2v) is 3.92. The highest BCUT2D eigenvalue weighted by atomic mass is 16.5. The van der Waals surface area contributed by atoms with Gasteiger partial charge in [-0.3, -0.25) is 0 Å². The number of rotatable bonds is 7. The van der Waals surface area contributed by atoms with E-state index >= 15 is 0 Å². The van der Waals surface area contributed by atoms with Gasteiger partial charge in [-0.1, -0.05) is 19.4 Å². The van der Waals surface area contributed by atoms with E-state index in [1.807, 2.05) is 6.92 Å². The molecule has 0 aromatic heterocycles. The molecule has 5 nitrogen and oxygen atoms in total. The molecule has 1 atom stereocenters. The molecule has 0 spiro atoms. The van der Waals surface area contributed by atoms with Gasteiger partial charge in [-0.25, -0.2) is 4.79 Å². The summed E-state index contributed by atoms with van der Waals surface area (Å²) in [4.78, 5) is 11.0. The van der Waals surface area contributed by atoms with Crippen LogP contribution in [0.5, 0.6) is 11.5 Å². The highest BCUT2D eigenvalue weighted by Crippen LogP contribution is 2.29. The zero-order valence-electron chi connectivity index (χ0n) is 10.7. The number of hydrogen-bond donors (Lipinski definition) is 2. The zero-order valence-corrected chi connectivity index (χ0v) is 10.7. The van der Waals surface area contributed by atoms with Crippen LogP contribution in [0.15, 0.2) is 18.2 Å². The largest absolute Gasteiger partial charge is 0.493 e. The highest BCUT2D eigenvalue weighted by Gasteiger charge is 2.20. The minimum atomic E-state index is -0.971. The smallest absolute Gasteiger partial charge is 0.344 e. The molecule has 0 saturated heterocycles. The zero-order chi connectivity index (χ0) is 13.5. The fourth-order valence-electron chi connectivity index (χ4n) is 1.58. The number of aliphatic carboxylic acids is 1. The minimum absolute atomic E-state index is 0.397. The summed E-state index contributed by atoms with van der Waals surface area (Å²) in [5, 5.41) is 9.04. The third-order valence-electron chi connectivity index (χ3n) is 2.56. The molecular formula is C13H19NO4. The molecule has 0 fully saturated rings. The first-order valence-corrected chi connectivity index (χ1v) is 5.88. The van der Waals surface area contributed by atoms with Crippen molar-refractivity contribution in [1.29, 1.82) is 0 Å². The Morgan fingerprint density at radius 2 is 2.17 bits per heavy atom. The van der Waals surface area contributed by atoms with Gasteiger partial charge in [0.15, 0.2) is 17.6 Å². The van der Waals surface area contributed by atoms with Gasteiger partial charge in [-0.15, -0.1) is 0 Å². The summed E-state index contributed by atoms with van der Waals surface area (Å²) in [6.45, 7) is 2.31. The van der Waals surface area contributed by atoms with E-state index < -0.39 is 12.1 Å². The summed E-state index contributed by atoms with van der Waals surface area (Å²) in [6.07, 6.45) is 0.338. The maximum Gasteiger partial charge on any atom is 0.344 e. The Kier molecular flexibility index (Phi) is 5.45. The van der Waals surface area contributed by atoms with E-state index in [1.54, 1.807) is 18.2 Å². The lowest BCUT2D eigenvalue weighted by Crippen LogP contribution is -2.26. The van der Waals surface area contributed by atoms with E-state index in [4.69, 9.17) is 20.3 Å². The van der Waals surface area contributed by atoms with Crippen LogP contribution in [-0.4, -0.2) is 24.3 Å². The summed E-state index contributed by atoms with van der Waals surface area (Å²) in [5.41, 5.74) is 6.43. The van der Waals surface area contributed by atoms with Crippen LogP contribution in [0.25, 0.3) is 0 Å². The van der Waals surface area contributed by atoms with Crippen molar-refractivity contribution in [3.8, 4) is 11.5 Å². The quantitative estimate of drug-likeness (QED) is 0.774. The van der Waals surface area contributed by atoms with Crippen LogP contribution in [0.1, 0.15) is 25.3 Å². The topological polar surface area (TPSA) is 81.8 Å². The van der Waals surface area contributed by atoms with Gasteiger partial charge in [0.25, 0.3) is 0 Å². The number of methoxy groups -OCH3 is 1. The third kappa shape index (κ3) is 3.63. The van der Waals surface area contributed by atoms with Crippen molar-refractivity contribution >= 4 is 5.97 Å². The second-order valence-electron chi connectivity index (χ2n) is 3.92. The predicted molar refractivity (Wildman–Crippen MR) is 67.8 cm³/mol. The molecule has 0 saturated carbocycles. The van der Waals surface area contributed by atoms with E-state index in [0.717, 1.165) is 12.0 Å². The lowest BCUT2D eigenvalue weighted by atomic mass is 10.2. The van der Waals surface area contributed by atoms with Crippen molar-refractivity contribution in [2.45, 2.75) is 32.4 Å². The molecule has 1 aromatic rings. The number of carboxylic acids is 1. The summed E-state index contributed by atoms with van der Waals surface area (Å²) >= 11 is 0. The Morgan fingerprint density at radius 1 is 1.44 bits per heavy atom. The number of benzene rings is 1.